The van der Waals surface area contributed by atoms with E-state index >= 15 is 0 Å². The third-order valence-electron chi connectivity index (χ3n) is 2.38. The van der Waals surface area contributed by atoms with Crippen LogP contribution in [0.25, 0.3) is 6.08 Å². The summed E-state index contributed by atoms with van der Waals surface area (Å²) in [6.07, 6.45) is 1.40. The summed E-state index contributed by atoms with van der Waals surface area (Å²) in [5.74, 6) is -1.31. The van der Waals surface area contributed by atoms with E-state index in [1.165, 1.54) is 23.1 Å². The van der Waals surface area contributed by atoms with Crippen molar-refractivity contribution >= 4 is 29.6 Å². The van der Waals surface area contributed by atoms with E-state index in [0.29, 0.717) is 5.56 Å². The van der Waals surface area contributed by atoms with Crippen molar-refractivity contribution in [1.82, 2.24) is 4.90 Å². The van der Waals surface area contributed by atoms with Crippen LogP contribution in [0, 0.1) is 11.3 Å². The van der Waals surface area contributed by atoms with Gasteiger partial charge in [0.25, 0.3) is 5.91 Å². The van der Waals surface area contributed by atoms with Crippen LogP contribution in [0.1, 0.15) is 5.56 Å². The number of benzene rings is 1. The first-order valence-corrected chi connectivity index (χ1v) is 6.20. The Morgan fingerprint density at radius 2 is 2.14 bits per heavy atom. The molecule has 21 heavy (non-hydrogen) atoms. The van der Waals surface area contributed by atoms with E-state index in [1.807, 2.05) is 6.07 Å². The Bertz CT molecular complexity index is 632. The van der Waals surface area contributed by atoms with Gasteiger partial charge in [-0.1, -0.05) is 17.7 Å². The quantitative estimate of drug-likeness (QED) is 0.661. The van der Waals surface area contributed by atoms with E-state index in [9.17, 15) is 9.59 Å². The molecule has 0 spiro atoms. The van der Waals surface area contributed by atoms with Gasteiger partial charge in [-0.3, -0.25) is 4.79 Å². The molecule has 1 aromatic rings. The minimum atomic E-state index is -1.11. The molecule has 0 heterocycles. The van der Waals surface area contributed by atoms with E-state index < -0.39 is 18.5 Å². The largest absolute Gasteiger partial charge is 0.480 e. The second kappa shape index (κ2) is 7.31. The van der Waals surface area contributed by atoms with E-state index in [0.717, 1.165) is 0 Å². The Morgan fingerprint density at radius 3 is 2.62 bits per heavy atom. The summed E-state index contributed by atoms with van der Waals surface area (Å²) in [5, 5.41) is 17.7. The van der Waals surface area contributed by atoms with Crippen molar-refractivity contribution < 1.29 is 19.4 Å². The van der Waals surface area contributed by atoms with Gasteiger partial charge in [-0.15, -0.1) is 0 Å². The van der Waals surface area contributed by atoms with Crippen LogP contribution in [0.15, 0.2) is 23.8 Å². The number of ether oxygens (including phenoxy) is 1. The maximum atomic E-state index is 11.7. The fraction of sp³-hybridized carbons (Fsp3) is 0.214. The van der Waals surface area contributed by atoms with Gasteiger partial charge >= 0.3 is 5.97 Å². The van der Waals surface area contributed by atoms with Crippen LogP contribution in [0.2, 0.25) is 5.02 Å². The summed E-state index contributed by atoms with van der Waals surface area (Å²) in [7, 11) is 3.09. The molecule has 1 N–H and O–H groups in total. The molecule has 0 aliphatic heterocycles. The van der Waals surface area contributed by atoms with Crippen LogP contribution in [0.3, 0.4) is 0 Å². The second-order valence-corrected chi connectivity index (χ2v) is 4.65. The molecule has 0 saturated heterocycles. The van der Waals surface area contributed by atoms with Crippen molar-refractivity contribution in [3.8, 4) is 11.8 Å². The molecule has 0 unspecified atom stereocenters. The van der Waals surface area contributed by atoms with E-state index in [4.69, 9.17) is 26.7 Å². The lowest BCUT2D eigenvalue weighted by molar-refractivity contribution is -0.139. The number of carbonyl (C=O) groups excluding carboxylic acids is 1. The molecule has 0 aromatic heterocycles. The zero-order valence-corrected chi connectivity index (χ0v) is 12.2. The van der Waals surface area contributed by atoms with Crippen LogP contribution in [0.5, 0.6) is 5.75 Å². The van der Waals surface area contributed by atoms with Crippen LogP contribution in [-0.4, -0.2) is 42.6 Å². The number of carboxylic acids is 1. The van der Waals surface area contributed by atoms with Crippen molar-refractivity contribution in [2.24, 2.45) is 0 Å². The van der Waals surface area contributed by atoms with Crippen LogP contribution >= 0.6 is 11.6 Å². The highest BCUT2D eigenvalue weighted by molar-refractivity contribution is 6.32. The molecule has 0 radical (unpaired) electrons. The van der Waals surface area contributed by atoms with Gasteiger partial charge in [-0.05, 0) is 23.8 Å². The molecule has 0 aliphatic carbocycles. The number of nitriles is 1. The van der Waals surface area contributed by atoms with Crippen molar-refractivity contribution in [3.05, 3.63) is 34.4 Å². The average Bonchev–Trinajstić information content (AvgIpc) is 2.42. The molecule has 1 aromatic carbocycles. The maximum absolute atomic E-state index is 11.7. The molecule has 110 valence electrons. The minimum absolute atomic E-state index is 0.0322. The second-order valence-electron chi connectivity index (χ2n) is 4.24. The summed E-state index contributed by atoms with van der Waals surface area (Å²) in [4.78, 5) is 23.4. The highest BCUT2D eigenvalue weighted by Crippen LogP contribution is 2.26. The zero-order valence-electron chi connectivity index (χ0n) is 11.5. The Kier molecular flexibility index (Phi) is 5.76. The molecule has 0 bridgehead atoms. The number of hydrogen-bond donors (Lipinski definition) is 1. The Morgan fingerprint density at radius 1 is 1.48 bits per heavy atom. The first-order valence-electron chi connectivity index (χ1n) is 5.82. The fourth-order valence-electron chi connectivity index (χ4n) is 1.41. The van der Waals surface area contributed by atoms with Crippen LogP contribution in [0.4, 0.5) is 0 Å². The first-order chi connectivity index (χ1) is 9.85. The van der Waals surface area contributed by atoms with Gasteiger partial charge in [-0.25, -0.2) is 4.79 Å². The first kappa shape index (κ1) is 16.5. The third-order valence-corrected chi connectivity index (χ3v) is 2.67. The minimum Gasteiger partial charge on any atom is -0.480 e. The van der Waals surface area contributed by atoms with Gasteiger partial charge in [0.2, 0.25) is 0 Å². The number of rotatable bonds is 5. The van der Waals surface area contributed by atoms with Crippen LogP contribution in [-0.2, 0) is 9.59 Å². The number of hydrogen-bond acceptors (Lipinski definition) is 4. The molecular weight excluding hydrogens is 296 g/mol. The number of carbonyl (C=O) groups is 2. The van der Waals surface area contributed by atoms with Gasteiger partial charge in [0.1, 0.15) is 17.4 Å². The van der Waals surface area contributed by atoms with Crippen LogP contribution < -0.4 is 4.74 Å². The normalized spacial score (nSPS) is 10.7. The predicted molar refractivity (Wildman–Crippen MR) is 76.9 cm³/mol. The molecule has 0 aliphatic rings. The van der Waals surface area contributed by atoms with Gasteiger partial charge < -0.3 is 14.7 Å². The van der Waals surface area contributed by atoms with Crippen molar-refractivity contribution in [1.29, 1.82) is 5.26 Å². The van der Waals surface area contributed by atoms with Gasteiger partial charge in [-0.2, -0.15) is 5.26 Å². The summed E-state index contributed by atoms with van der Waals surface area (Å²) in [6.45, 7) is -0.503. The highest BCUT2D eigenvalue weighted by Gasteiger charge is 2.12. The number of carboxylic acid groups (broad SMARTS) is 1. The Hall–Kier alpha value is -2.52. The molecular formula is C14H13ClN2O4. The number of aliphatic carboxylic acids is 1. The highest BCUT2D eigenvalue weighted by atomic mass is 35.5. The Balaban J connectivity index is 3.00. The van der Waals surface area contributed by atoms with E-state index in [2.05, 4.69) is 0 Å². The third kappa shape index (κ3) is 4.82. The predicted octanol–water partition coefficient (Wildman–Crippen LogP) is 1.80. The lowest BCUT2D eigenvalue weighted by atomic mass is 10.1. The van der Waals surface area contributed by atoms with E-state index in [-0.39, 0.29) is 16.3 Å². The Labute approximate surface area is 126 Å². The average molecular weight is 309 g/mol. The zero-order chi connectivity index (χ0) is 16.0. The number of likely N-dealkylation sites (N-methyl/N-ethyl adjacent to an activating group) is 1. The van der Waals surface area contributed by atoms with Gasteiger partial charge in [0.05, 0.1) is 5.02 Å². The molecule has 7 heteroatoms. The van der Waals surface area contributed by atoms with Gasteiger partial charge in [0, 0.05) is 14.1 Å². The van der Waals surface area contributed by atoms with Crippen molar-refractivity contribution in [2.75, 3.05) is 20.7 Å². The fourth-order valence-corrected chi connectivity index (χ4v) is 1.66. The molecule has 0 saturated carbocycles. The summed E-state index contributed by atoms with van der Waals surface area (Å²) >= 11 is 5.96. The summed E-state index contributed by atoms with van der Waals surface area (Å²) in [6, 6.07) is 6.36. The van der Waals surface area contributed by atoms with Crippen molar-refractivity contribution in [3.63, 3.8) is 0 Å². The SMILES string of the molecule is CN(C)C(=O)/C(C#N)=C\c1ccc(OCC(=O)O)c(Cl)c1. The monoisotopic (exact) mass is 308 g/mol. The molecule has 1 rings (SSSR count). The molecule has 0 fully saturated rings. The summed E-state index contributed by atoms with van der Waals surface area (Å²) in [5.41, 5.74) is 0.504. The lowest BCUT2D eigenvalue weighted by Crippen LogP contribution is -2.22. The van der Waals surface area contributed by atoms with Crippen molar-refractivity contribution in [2.45, 2.75) is 0 Å². The van der Waals surface area contributed by atoms with E-state index in [1.54, 1.807) is 20.2 Å². The number of halogens is 1. The number of nitrogens with zero attached hydrogens (tertiary/aromatic N) is 2. The molecule has 6 nitrogen and oxygen atoms in total. The topological polar surface area (TPSA) is 90.6 Å². The number of amides is 1. The molecule has 1 amide bonds. The maximum Gasteiger partial charge on any atom is 0.341 e. The lowest BCUT2D eigenvalue weighted by Gasteiger charge is -2.09. The smallest absolute Gasteiger partial charge is 0.341 e. The van der Waals surface area contributed by atoms with Gasteiger partial charge in [0.15, 0.2) is 6.61 Å². The summed E-state index contributed by atoms with van der Waals surface area (Å²) < 4.78 is 4.98. The molecule has 0 atom stereocenters. The standard InChI is InChI=1S/C14H13ClN2O4/c1-17(2)14(20)10(7-16)5-9-3-4-12(11(15)6-9)21-8-13(18)19/h3-6H,8H2,1-2H3,(H,18,19)/b10-5-.